The lowest BCUT2D eigenvalue weighted by atomic mass is 9.99. The number of aromatic nitrogens is 1. The molecule has 2 heterocycles. The molecular formula is C12H20ClN3OS. The fourth-order valence-electron chi connectivity index (χ4n) is 2.02. The summed E-state index contributed by atoms with van der Waals surface area (Å²) in [4.78, 5) is 18.4. The second-order valence-corrected chi connectivity index (χ2v) is 5.58. The first kappa shape index (κ1) is 15.4. The van der Waals surface area contributed by atoms with Gasteiger partial charge in [-0.2, -0.15) is 0 Å². The van der Waals surface area contributed by atoms with Crippen LogP contribution in [0, 0.1) is 5.92 Å². The number of hydrogen-bond acceptors (Lipinski definition) is 4. The molecule has 1 saturated heterocycles. The SMILES string of the molecule is CC1CCN(C(=O)c2csc(CCN)n2)CC1.Cl. The Morgan fingerprint density at radius 1 is 1.56 bits per heavy atom. The Kier molecular flexibility index (Phi) is 6.05. The number of likely N-dealkylation sites (tertiary alicyclic amines) is 1. The van der Waals surface area contributed by atoms with Crippen molar-refractivity contribution in [1.82, 2.24) is 9.88 Å². The third kappa shape index (κ3) is 3.67. The quantitative estimate of drug-likeness (QED) is 0.925. The van der Waals surface area contributed by atoms with E-state index < -0.39 is 0 Å². The summed E-state index contributed by atoms with van der Waals surface area (Å²) in [6, 6.07) is 0. The maximum absolute atomic E-state index is 12.2. The van der Waals surface area contributed by atoms with E-state index in [-0.39, 0.29) is 18.3 Å². The van der Waals surface area contributed by atoms with Crippen molar-refractivity contribution in [3.05, 3.63) is 16.1 Å². The van der Waals surface area contributed by atoms with Crippen LogP contribution in [0.5, 0.6) is 0 Å². The minimum Gasteiger partial charge on any atom is -0.337 e. The van der Waals surface area contributed by atoms with Gasteiger partial charge in [0.05, 0.1) is 5.01 Å². The van der Waals surface area contributed by atoms with Crippen molar-refractivity contribution >= 4 is 29.7 Å². The molecule has 0 radical (unpaired) electrons. The summed E-state index contributed by atoms with van der Waals surface area (Å²) in [5, 5.41) is 2.81. The van der Waals surface area contributed by atoms with E-state index in [1.807, 2.05) is 10.3 Å². The second-order valence-electron chi connectivity index (χ2n) is 4.64. The number of piperidine rings is 1. The van der Waals surface area contributed by atoms with Gasteiger partial charge in [-0.25, -0.2) is 4.98 Å². The average molecular weight is 290 g/mol. The summed E-state index contributed by atoms with van der Waals surface area (Å²) in [6.45, 7) is 4.56. The molecule has 0 unspecified atom stereocenters. The summed E-state index contributed by atoms with van der Waals surface area (Å²) in [6.07, 6.45) is 2.96. The monoisotopic (exact) mass is 289 g/mol. The molecule has 2 N–H and O–H groups in total. The molecule has 1 aromatic heterocycles. The van der Waals surface area contributed by atoms with Crippen LogP contribution in [-0.2, 0) is 6.42 Å². The lowest BCUT2D eigenvalue weighted by molar-refractivity contribution is 0.0692. The molecule has 4 nitrogen and oxygen atoms in total. The Labute approximate surface area is 118 Å². The molecule has 1 aliphatic heterocycles. The fraction of sp³-hybridized carbons (Fsp3) is 0.667. The van der Waals surface area contributed by atoms with Crippen molar-refractivity contribution in [3.8, 4) is 0 Å². The van der Waals surface area contributed by atoms with Crippen LogP contribution in [-0.4, -0.2) is 35.4 Å². The first-order valence-electron chi connectivity index (χ1n) is 6.14. The zero-order valence-corrected chi connectivity index (χ0v) is 12.2. The van der Waals surface area contributed by atoms with Crippen LogP contribution in [0.1, 0.15) is 35.3 Å². The van der Waals surface area contributed by atoms with Gasteiger partial charge in [0, 0.05) is 24.9 Å². The minimum absolute atomic E-state index is 0. The van der Waals surface area contributed by atoms with Crippen molar-refractivity contribution in [2.24, 2.45) is 11.7 Å². The molecule has 1 fully saturated rings. The van der Waals surface area contributed by atoms with Crippen molar-refractivity contribution in [2.75, 3.05) is 19.6 Å². The summed E-state index contributed by atoms with van der Waals surface area (Å²) in [7, 11) is 0. The van der Waals surface area contributed by atoms with E-state index in [0.29, 0.717) is 12.2 Å². The van der Waals surface area contributed by atoms with Gasteiger partial charge in [-0.05, 0) is 25.3 Å². The van der Waals surface area contributed by atoms with Gasteiger partial charge >= 0.3 is 0 Å². The summed E-state index contributed by atoms with van der Waals surface area (Å²) in [5.41, 5.74) is 6.07. The first-order valence-corrected chi connectivity index (χ1v) is 7.02. The van der Waals surface area contributed by atoms with Gasteiger partial charge in [-0.1, -0.05) is 6.92 Å². The van der Waals surface area contributed by atoms with Gasteiger partial charge in [-0.3, -0.25) is 4.79 Å². The lowest BCUT2D eigenvalue weighted by Crippen LogP contribution is -2.38. The van der Waals surface area contributed by atoms with Crippen LogP contribution in [0.25, 0.3) is 0 Å². The highest BCUT2D eigenvalue weighted by atomic mass is 35.5. The largest absolute Gasteiger partial charge is 0.337 e. The Balaban J connectivity index is 0.00000162. The highest BCUT2D eigenvalue weighted by Crippen LogP contribution is 2.19. The number of hydrogen-bond donors (Lipinski definition) is 1. The first-order chi connectivity index (χ1) is 8.20. The van der Waals surface area contributed by atoms with Crippen LogP contribution in [0.15, 0.2) is 5.38 Å². The second kappa shape index (κ2) is 7.07. The van der Waals surface area contributed by atoms with E-state index in [2.05, 4.69) is 11.9 Å². The Morgan fingerprint density at radius 2 is 2.22 bits per heavy atom. The van der Waals surface area contributed by atoms with Gasteiger partial charge in [0.15, 0.2) is 0 Å². The standard InChI is InChI=1S/C12H19N3OS.ClH/c1-9-3-6-15(7-4-9)12(16)10-8-17-11(14-10)2-5-13;/h8-9H,2-7,13H2,1H3;1H. The normalized spacial score (nSPS) is 16.4. The van der Waals surface area contributed by atoms with Crippen LogP contribution in [0.3, 0.4) is 0 Å². The maximum atomic E-state index is 12.2. The fourth-order valence-corrected chi connectivity index (χ4v) is 2.81. The van der Waals surface area contributed by atoms with E-state index >= 15 is 0 Å². The van der Waals surface area contributed by atoms with Crippen molar-refractivity contribution in [3.63, 3.8) is 0 Å². The topological polar surface area (TPSA) is 59.2 Å². The van der Waals surface area contributed by atoms with Crippen LogP contribution in [0.4, 0.5) is 0 Å². The molecule has 0 saturated carbocycles. The lowest BCUT2D eigenvalue weighted by Gasteiger charge is -2.29. The third-order valence-electron chi connectivity index (χ3n) is 3.20. The summed E-state index contributed by atoms with van der Waals surface area (Å²) >= 11 is 1.53. The van der Waals surface area contributed by atoms with Crippen molar-refractivity contribution in [2.45, 2.75) is 26.2 Å². The average Bonchev–Trinajstić information content (AvgIpc) is 2.78. The molecule has 1 aliphatic rings. The number of nitrogens with zero attached hydrogens (tertiary/aromatic N) is 2. The molecule has 0 bridgehead atoms. The van der Waals surface area contributed by atoms with Crippen molar-refractivity contribution < 1.29 is 4.79 Å². The van der Waals surface area contributed by atoms with E-state index in [0.717, 1.165) is 43.3 Å². The van der Waals surface area contributed by atoms with E-state index in [1.54, 1.807) is 0 Å². The molecule has 0 spiro atoms. The van der Waals surface area contributed by atoms with E-state index in [9.17, 15) is 4.79 Å². The molecule has 1 amide bonds. The number of carbonyl (C=O) groups is 1. The number of halogens is 1. The molecule has 18 heavy (non-hydrogen) atoms. The van der Waals surface area contributed by atoms with E-state index in [4.69, 9.17) is 5.73 Å². The molecular weight excluding hydrogens is 270 g/mol. The van der Waals surface area contributed by atoms with Crippen LogP contribution >= 0.6 is 23.7 Å². The van der Waals surface area contributed by atoms with Gasteiger partial charge in [0.1, 0.15) is 5.69 Å². The molecule has 1 aromatic rings. The number of carbonyl (C=O) groups excluding carboxylic acids is 1. The zero-order chi connectivity index (χ0) is 12.3. The minimum atomic E-state index is 0. The number of amides is 1. The number of nitrogens with two attached hydrogens (primary N) is 1. The zero-order valence-electron chi connectivity index (χ0n) is 10.6. The van der Waals surface area contributed by atoms with Crippen LogP contribution < -0.4 is 5.73 Å². The third-order valence-corrected chi connectivity index (χ3v) is 4.11. The molecule has 102 valence electrons. The van der Waals surface area contributed by atoms with E-state index in [1.165, 1.54) is 11.3 Å². The van der Waals surface area contributed by atoms with Gasteiger partial charge in [0.2, 0.25) is 0 Å². The highest BCUT2D eigenvalue weighted by molar-refractivity contribution is 7.09. The smallest absolute Gasteiger partial charge is 0.273 e. The molecule has 0 aromatic carbocycles. The number of rotatable bonds is 3. The molecule has 0 atom stereocenters. The summed E-state index contributed by atoms with van der Waals surface area (Å²) < 4.78 is 0. The molecule has 0 aliphatic carbocycles. The Morgan fingerprint density at radius 3 is 2.83 bits per heavy atom. The number of thiazole rings is 1. The van der Waals surface area contributed by atoms with Crippen LogP contribution in [0.2, 0.25) is 0 Å². The molecule has 2 rings (SSSR count). The predicted molar refractivity (Wildman–Crippen MR) is 76.4 cm³/mol. The van der Waals surface area contributed by atoms with Gasteiger partial charge in [0.25, 0.3) is 5.91 Å². The summed E-state index contributed by atoms with van der Waals surface area (Å²) in [5.74, 6) is 0.818. The Bertz CT molecular complexity index is 388. The van der Waals surface area contributed by atoms with Gasteiger partial charge < -0.3 is 10.6 Å². The van der Waals surface area contributed by atoms with Gasteiger partial charge in [-0.15, -0.1) is 23.7 Å². The highest BCUT2D eigenvalue weighted by Gasteiger charge is 2.22. The molecule has 6 heteroatoms. The Hall–Kier alpha value is -0.650. The predicted octanol–water partition coefficient (Wildman–Crippen LogP) is 1.94. The van der Waals surface area contributed by atoms with Crippen molar-refractivity contribution in [1.29, 1.82) is 0 Å². The maximum Gasteiger partial charge on any atom is 0.273 e.